The van der Waals surface area contributed by atoms with Gasteiger partial charge in [-0.3, -0.25) is 9.89 Å². The quantitative estimate of drug-likeness (QED) is 0.943. The Kier molecular flexibility index (Phi) is 4.60. The van der Waals surface area contributed by atoms with Crippen molar-refractivity contribution in [2.75, 3.05) is 19.7 Å². The summed E-state index contributed by atoms with van der Waals surface area (Å²) in [6.07, 6.45) is 1.95. The van der Waals surface area contributed by atoms with Crippen LogP contribution in [0.3, 0.4) is 0 Å². The molecule has 0 unspecified atom stereocenters. The summed E-state index contributed by atoms with van der Waals surface area (Å²) in [5, 5.41) is 7.24. The number of aromatic amines is 1. The molecule has 1 N–H and O–H groups in total. The van der Waals surface area contributed by atoms with E-state index in [2.05, 4.69) is 10.2 Å². The van der Waals surface area contributed by atoms with Crippen molar-refractivity contribution < 1.29 is 13.9 Å². The van der Waals surface area contributed by atoms with Gasteiger partial charge in [0.1, 0.15) is 0 Å². The first kappa shape index (κ1) is 15.5. The van der Waals surface area contributed by atoms with Crippen LogP contribution in [0.25, 0.3) is 0 Å². The van der Waals surface area contributed by atoms with Gasteiger partial charge in [0.05, 0.1) is 5.69 Å². The van der Waals surface area contributed by atoms with Crippen LogP contribution < -0.4 is 4.74 Å². The van der Waals surface area contributed by atoms with E-state index in [1.807, 2.05) is 13.0 Å². The number of hydrogen-bond acceptors (Lipinski definition) is 3. The van der Waals surface area contributed by atoms with Crippen molar-refractivity contribution in [3.05, 3.63) is 47.5 Å². The molecule has 0 saturated carbocycles. The third-order valence-electron chi connectivity index (χ3n) is 4.11. The summed E-state index contributed by atoms with van der Waals surface area (Å²) in [6, 6.07) is 8.13. The number of benzene rings is 1. The van der Waals surface area contributed by atoms with E-state index < -0.39 is 5.82 Å². The lowest BCUT2D eigenvalue weighted by atomic mass is 9.94. The first-order chi connectivity index (χ1) is 11.1. The zero-order valence-corrected chi connectivity index (χ0v) is 13.1. The minimum Gasteiger partial charge on any atom is -0.481 e. The standard InChI is InChI=1S/C17H20FN3O2/c1-12-9-15(20-19-12)13-5-4-8-21(10-13)17(22)11-23-16-7-3-2-6-14(16)18/h2-3,6-7,9,13H,4-5,8,10-11H2,1H3,(H,19,20)/t13-/m1/s1. The Balaban J connectivity index is 1.58. The Hall–Kier alpha value is -2.37. The van der Waals surface area contributed by atoms with Crippen molar-refractivity contribution in [3.63, 3.8) is 0 Å². The second kappa shape index (κ2) is 6.81. The molecular formula is C17H20FN3O2. The fraction of sp³-hybridized carbons (Fsp3) is 0.412. The minimum absolute atomic E-state index is 0.109. The molecule has 0 spiro atoms. The Labute approximate surface area is 134 Å². The lowest BCUT2D eigenvalue weighted by Crippen LogP contribution is -2.41. The van der Waals surface area contributed by atoms with E-state index in [-0.39, 0.29) is 24.2 Å². The van der Waals surface area contributed by atoms with Gasteiger partial charge in [0, 0.05) is 24.7 Å². The van der Waals surface area contributed by atoms with E-state index in [9.17, 15) is 9.18 Å². The third-order valence-corrected chi connectivity index (χ3v) is 4.11. The SMILES string of the molecule is Cc1cc([C@@H]2CCCN(C(=O)COc3ccccc3F)C2)n[nH]1. The number of nitrogens with one attached hydrogen (secondary N) is 1. The number of nitrogens with zero attached hydrogens (tertiary/aromatic N) is 2. The van der Waals surface area contributed by atoms with Gasteiger partial charge in [0.25, 0.3) is 5.91 Å². The summed E-state index contributed by atoms with van der Waals surface area (Å²) in [5.74, 6) is -0.225. The van der Waals surface area contributed by atoms with Gasteiger partial charge in [-0.2, -0.15) is 5.10 Å². The third kappa shape index (κ3) is 3.70. The normalized spacial score (nSPS) is 18.0. The fourth-order valence-corrected chi connectivity index (χ4v) is 2.89. The van der Waals surface area contributed by atoms with E-state index in [4.69, 9.17) is 4.74 Å². The molecule has 122 valence electrons. The molecule has 2 heterocycles. The molecule has 5 nitrogen and oxygen atoms in total. The Bertz CT molecular complexity index is 686. The smallest absolute Gasteiger partial charge is 0.260 e. The highest BCUT2D eigenvalue weighted by Gasteiger charge is 2.26. The predicted molar refractivity (Wildman–Crippen MR) is 83.8 cm³/mol. The number of rotatable bonds is 4. The van der Waals surface area contributed by atoms with E-state index in [1.165, 1.54) is 12.1 Å². The molecule has 1 atom stereocenters. The summed E-state index contributed by atoms with van der Waals surface area (Å²) in [7, 11) is 0. The molecule has 1 amide bonds. The van der Waals surface area contributed by atoms with E-state index >= 15 is 0 Å². The Morgan fingerprint density at radius 1 is 1.48 bits per heavy atom. The van der Waals surface area contributed by atoms with Crippen molar-refractivity contribution in [1.29, 1.82) is 0 Å². The van der Waals surface area contributed by atoms with Gasteiger partial charge in [0.15, 0.2) is 18.2 Å². The zero-order chi connectivity index (χ0) is 16.2. The highest BCUT2D eigenvalue weighted by atomic mass is 19.1. The van der Waals surface area contributed by atoms with Crippen LogP contribution in [0.5, 0.6) is 5.75 Å². The molecule has 0 radical (unpaired) electrons. The number of piperidine rings is 1. The number of hydrogen-bond donors (Lipinski definition) is 1. The van der Waals surface area contributed by atoms with Crippen molar-refractivity contribution >= 4 is 5.91 Å². The molecule has 3 rings (SSSR count). The molecule has 6 heteroatoms. The highest BCUT2D eigenvalue weighted by Crippen LogP contribution is 2.26. The zero-order valence-electron chi connectivity index (χ0n) is 13.1. The number of carbonyl (C=O) groups is 1. The van der Waals surface area contributed by atoms with Gasteiger partial charge < -0.3 is 9.64 Å². The summed E-state index contributed by atoms with van der Waals surface area (Å²) >= 11 is 0. The van der Waals surface area contributed by atoms with E-state index in [0.717, 1.165) is 24.2 Å². The maximum atomic E-state index is 13.5. The number of carbonyl (C=O) groups excluding carboxylic acids is 1. The molecule has 23 heavy (non-hydrogen) atoms. The van der Waals surface area contributed by atoms with Crippen LogP contribution in [-0.2, 0) is 4.79 Å². The number of halogens is 1. The van der Waals surface area contributed by atoms with Crippen LogP contribution in [0, 0.1) is 12.7 Å². The van der Waals surface area contributed by atoms with Crippen LogP contribution in [0.4, 0.5) is 4.39 Å². The highest BCUT2D eigenvalue weighted by molar-refractivity contribution is 5.78. The number of aromatic nitrogens is 2. The fourth-order valence-electron chi connectivity index (χ4n) is 2.89. The second-order valence-electron chi connectivity index (χ2n) is 5.87. The number of amides is 1. The largest absolute Gasteiger partial charge is 0.481 e. The van der Waals surface area contributed by atoms with Gasteiger partial charge in [-0.1, -0.05) is 12.1 Å². The first-order valence-corrected chi connectivity index (χ1v) is 7.80. The van der Waals surface area contributed by atoms with Gasteiger partial charge in [-0.25, -0.2) is 4.39 Å². The van der Waals surface area contributed by atoms with Crippen LogP contribution in [-0.4, -0.2) is 40.7 Å². The van der Waals surface area contributed by atoms with Crippen LogP contribution in [0.1, 0.15) is 30.1 Å². The van der Waals surface area contributed by atoms with Gasteiger partial charge >= 0.3 is 0 Å². The van der Waals surface area contributed by atoms with Gasteiger partial charge in [-0.05, 0) is 38.0 Å². The van der Waals surface area contributed by atoms with E-state index in [0.29, 0.717) is 13.1 Å². The molecule has 1 aliphatic rings. The van der Waals surface area contributed by atoms with Crippen LogP contribution in [0.2, 0.25) is 0 Å². The van der Waals surface area contributed by atoms with Crippen molar-refractivity contribution in [2.45, 2.75) is 25.7 Å². The first-order valence-electron chi connectivity index (χ1n) is 7.80. The Morgan fingerprint density at radius 3 is 3.04 bits per heavy atom. The molecule has 0 bridgehead atoms. The maximum absolute atomic E-state index is 13.5. The van der Waals surface area contributed by atoms with Crippen molar-refractivity contribution in [3.8, 4) is 5.75 Å². The van der Waals surface area contributed by atoms with Crippen molar-refractivity contribution in [1.82, 2.24) is 15.1 Å². The molecule has 0 aliphatic carbocycles. The monoisotopic (exact) mass is 317 g/mol. The number of H-pyrrole nitrogens is 1. The number of likely N-dealkylation sites (tertiary alicyclic amines) is 1. The average Bonchev–Trinajstić information content (AvgIpc) is 3.00. The van der Waals surface area contributed by atoms with Crippen LogP contribution >= 0.6 is 0 Å². The molecule has 1 aliphatic heterocycles. The summed E-state index contributed by atoms with van der Waals surface area (Å²) in [6.45, 7) is 3.15. The maximum Gasteiger partial charge on any atom is 0.260 e. The summed E-state index contributed by atoms with van der Waals surface area (Å²) in [4.78, 5) is 14.1. The molecular weight excluding hydrogens is 297 g/mol. The molecule has 1 aromatic carbocycles. The average molecular weight is 317 g/mol. The molecule has 1 aromatic heterocycles. The summed E-state index contributed by atoms with van der Waals surface area (Å²) in [5.41, 5.74) is 2.02. The van der Waals surface area contributed by atoms with Crippen LogP contribution in [0.15, 0.2) is 30.3 Å². The predicted octanol–water partition coefficient (Wildman–Crippen LogP) is 2.64. The lowest BCUT2D eigenvalue weighted by molar-refractivity contribution is -0.134. The Morgan fingerprint density at radius 2 is 2.30 bits per heavy atom. The number of para-hydroxylation sites is 1. The van der Waals surface area contributed by atoms with E-state index in [1.54, 1.807) is 17.0 Å². The number of aryl methyl sites for hydroxylation is 1. The second-order valence-corrected chi connectivity index (χ2v) is 5.87. The summed E-state index contributed by atoms with van der Waals surface area (Å²) < 4.78 is 18.8. The molecule has 2 aromatic rings. The number of ether oxygens (including phenoxy) is 1. The molecule has 1 saturated heterocycles. The topological polar surface area (TPSA) is 58.2 Å². The molecule has 1 fully saturated rings. The lowest BCUT2D eigenvalue weighted by Gasteiger charge is -2.31. The van der Waals surface area contributed by atoms with Gasteiger partial charge in [0.2, 0.25) is 0 Å². The van der Waals surface area contributed by atoms with Gasteiger partial charge in [-0.15, -0.1) is 0 Å². The van der Waals surface area contributed by atoms with Crippen molar-refractivity contribution in [2.24, 2.45) is 0 Å². The minimum atomic E-state index is -0.455.